The third kappa shape index (κ3) is 2.32. The first-order chi connectivity index (χ1) is 9.09. The van der Waals surface area contributed by atoms with Gasteiger partial charge in [-0.15, -0.1) is 11.3 Å². The Morgan fingerprint density at radius 1 is 1.47 bits per heavy atom. The number of rotatable bonds is 3. The quantitative estimate of drug-likeness (QED) is 0.923. The average Bonchev–Trinajstić information content (AvgIpc) is 3.12. The minimum Gasteiger partial charge on any atom is -0.334 e. The summed E-state index contributed by atoms with van der Waals surface area (Å²) in [6.45, 7) is 4.89. The summed E-state index contributed by atoms with van der Waals surface area (Å²) >= 11 is 1.83. The SMILES string of the molecule is CC(C)[C@H](N)C(=O)N1CCc2sccc2C1C1CC1. The fraction of sp³-hybridized carbons (Fsp3) is 0.667. The second-order valence-corrected chi connectivity index (χ2v) is 7.13. The minimum absolute atomic E-state index is 0.142. The van der Waals surface area contributed by atoms with Gasteiger partial charge in [-0.2, -0.15) is 0 Å². The molecule has 1 aromatic heterocycles. The van der Waals surface area contributed by atoms with Crippen LogP contribution in [-0.4, -0.2) is 23.4 Å². The molecule has 1 saturated carbocycles. The molecule has 1 aliphatic carbocycles. The van der Waals surface area contributed by atoms with Crippen LogP contribution in [0.25, 0.3) is 0 Å². The van der Waals surface area contributed by atoms with E-state index >= 15 is 0 Å². The van der Waals surface area contributed by atoms with Crippen LogP contribution in [0.15, 0.2) is 11.4 Å². The molecule has 104 valence electrons. The highest BCUT2D eigenvalue weighted by Crippen LogP contribution is 2.48. The molecule has 0 aromatic carbocycles. The summed E-state index contributed by atoms with van der Waals surface area (Å²) in [6.07, 6.45) is 3.49. The Balaban J connectivity index is 1.87. The summed E-state index contributed by atoms with van der Waals surface area (Å²) < 4.78 is 0. The molecule has 0 saturated heterocycles. The van der Waals surface area contributed by atoms with Gasteiger partial charge in [0.1, 0.15) is 0 Å². The van der Waals surface area contributed by atoms with Crippen LogP contribution in [0.5, 0.6) is 0 Å². The Bertz CT molecular complexity index is 478. The molecule has 3 nitrogen and oxygen atoms in total. The zero-order valence-electron chi connectivity index (χ0n) is 11.6. The summed E-state index contributed by atoms with van der Waals surface area (Å²) in [7, 11) is 0. The average molecular weight is 278 g/mol. The van der Waals surface area contributed by atoms with E-state index in [1.165, 1.54) is 23.3 Å². The van der Waals surface area contributed by atoms with Crippen LogP contribution in [0.4, 0.5) is 0 Å². The van der Waals surface area contributed by atoms with Crippen molar-refractivity contribution in [1.82, 2.24) is 4.90 Å². The molecule has 2 atom stereocenters. The van der Waals surface area contributed by atoms with Crippen molar-refractivity contribution in [3.63, 3.8) is 0 Å². The van der Waals surface area contributed by atoms with E-state index in [1.54, 1.807) is 0 Å². The van der Waals surface area contributed by atoms with Crippen molar-refractivity contribution in [2.45, 2.75) is 45.2 Å². The first kappa shape index (κ1) is 13.1. The van der Waals surface area contributed by atoms with Crippen molar-refractivity contribution in [1.29, 1.82) is 0 Å². The number of carbonyl (C=O) groups excluding carboxylic acids is 1. The van der Waals surface area contributed by atoms with Crippen LogP contribution in [0.2, 0.25) is 0 Å². The highest BCUT2D eigenvalue weighted by Gasteiger charge is 2.42. The first-order valence-corrected chi connectivity index (χ1v) is 8.10. The highest BCUT2D eigenvalue weighted by molar-refractivity contribution is 7.10. The lowest BCUT2D eigenvalue weighted by molar-refractivity contribution is -0.137. The largest absolute Gasteiger partial charge is 0.334 e. The molecule has 0 bridgehead atoms. The van der Waals surface area contributed by atoms with Gasteiger partial charge in [-0.05, 0) is 48.1 Å². The van der Waals surface area contributed by atoms with E-state index in [9.17, 15) is 4.79 Å². The van der Waals surface area contributed by atoms with Crippen molar-refractivity contribution in [3.8, 4) is 0 Å². The van der Waals surface area contributed by atoms with Crippen LogP contribution in [0.3, 0.4) is 0 Å². The predicted molar refractivity (Wildman–Crippen MR) is 78.0 cm³/mol. The van der Waals surface area contributed by atoms with Crippen LogP contribution < -0.4 is 5.73 Å². The van der Waals surface area contributed by atoms with Crippen molar-refractivity contribution >= 4 is 17.2 Å². The van der Waals surface area contributed by atoms with Gasteiger partial charge in [0.2, 0.25) is 5.91 Å². The fourth-order valence-electron chi connectivity index (χ4n) is 2.99. The number of fused-ring (bicyclic) bond motifs is 1. The van der Waals surface area contributed by atoms with Crippen molar-refractivity contribution in [3.05, 3.63) is 21.9 Å². The minimum atomic E-state index is -0.360. The Morgan fingerprint density at radius 3 is 2.84 bits per heavy atom. The van der Waals surface area contributed by atoms with E-state index in [-0.39, 0.29) is 17.9 Å². The maximum atomic E-state index is 12.6. The summed E-state index contributed by atoms with van der Waals surface area (Å²) in [5.41, 5.74) is 7.47. The van der Waals surface area contributed by atoms with Gasteiger partial charge in [0.05, 0.1) is 12.1 Å². The molecule has 1 aliphatic heterocycles. The van der Waals surface area contributed by atoms with Gasteiger partial charge in [0.15, 0.2) is 0 Å². The Labute approximate surface area is 118 Å². The summed E-state index contributed by atoms with van der Waals surface area (Å²) in [6, 6.07) is 2.15. The molecule has 1 fully saturated rings. The maximum absolute atomic E-state index is 12.6. The van der Waals surface area contributed by atoms with Crippen LogP contribution >= 0.6 is 11.3 Å². The van der Waals surface area contributed by atoms with Gasteiger partial charge in [-0.3, -0.25) is 4.79 Å². The predicted octanol–water partition coefficient (Wildman–Crippen LogP) is 2.57. The molecular formula is C15H22N2OS. The number of carbonyl (C=O) groups is 1. The Hall–Kier alpha value is -0.870. The zero-order chi connectivity index (χ0) is 13.6. The molecule has 4 heteroatoms. The number of hydrogen-bond acceptors (Lipinski definition) is 3. The Kier molecular flexibility index (Phi) is 3.39. The highest BCUT2D eigenvalue weighted by atomic mass is 32.1. The third-order valence-electron chi connectivity index (χ3n) is 4.37. The summed E-state index contributed by atoms with van der Waals surface area (Å²) in [5, 5.41) is 2.16. The van der Waals surface area contributed by atoms with Crippen molar-refractivity contribution in [2.24, 2.45) is 17.6 Å². The monoisotopic (exact) mass is 278 g/mol. The maximum Gasteiger partial charge on any atom is 0.240 e. The molecule has 1 amide bonds. The molecule has 19 heavy (non-hydrogen) atoms. The van der Waals surface area contributed by atoms with Crippen LogP contribution in [0, 0.1) is 11.8 Å². The number of nitrogens with two attached hydrogens (primary N) is 1. The molecule has 2 aliphatic rings. The fourth-order valence-corrected chi connectivity index (χ4v) is 3.90. The number of thiophene rings is 1. The number of nitrogens with zero attached hydrogens (tertiary/aromatic N) is 1. The lowest BCUT2D eigenvalue weighted by atomic mass is 9.93. The lowest BCUT2D eigenvalue weighted by Gasteiger charge is -2.38. The third-order valence-corrected chi connectivity index (χ3v) is 5.37. The van der Waals surface area contributed by atoms with Crippen molar-refractivity contribution in [2.75, 3.05) is 6.54 Å². The van der Waals surface area contributed by atoms with Gasteiger partial charge >= 0.3 is 0 Å². The van der Waals surface area contributed by atoms with Gasteiger partial charge in [-0.25, -0.2) is 0 Å². The molecule has 1 aromatic rings. The van der Waals surface area contributed by atoms with E-state index in [0.29, 0.717) is 12.0 Å². The van der Waals surface area contributed by atoms with E-state index in [0.717, 1.165) is 13.0 Å². The van der Waals surface area contributed by atoms with E-state index in [4.69, 9.17) is 5.73 Å². The molecule has 3 rings (SSSR count). The second kappa shape index (κ2) is 4.91. The smallest absolute Gasteiger partial charge is 0.240 e. The number of amides is 1. The van der Waals surface area contributed by atoms with Crippen LogP contribution in [-0.2, 0) is 11.2 Å². The van der Waals surface area contributed by atoms with Crippen molar-refractivity contribution < 1.29 is 4.79 Å². The normalized spacial score (nSPS) is 24.4. The zero-order valence-corrected chi connectivity index (χ0v) is 12.5. The molecule has 1 unspecified atom stereocenters. The second-order valence-electron chi connectivity index (χ2n) is 6.13. The van der Waals surface area contributed by atoms with E-state index in [2.05, 4.69) is 16.3 Å². The van der Waals surface area contributed by atoms with Gasteiger partial charge in [-0.1, -0.05) is 13.8 Å². The lowest BCUT2D eigenvalue weighted by Crippen LogP contribution is -2.50. The molecule has 0 spiro atoms. The van der Waals surface area contributed by atoms with Gasteiger partial charge in [0.25, 0.3) is 0 Å². The molecule has 2 N–H and O–H groups in total. The molecule has 0 radical (unpaired) electrons. The molecular weight excluding hydrogens is 256 g/mol. The van der Waals surface area contributed by atoms with E-state index in [1.807, 2.05) is 25.2 Å². The molecule has 2 heterocycles. The van der Waals surface area contributed by atoms with Gasteiger partial charge in [0, 0.05) is 11.4 Å². The summed E-state index contributed by atoms with van der Waals surface area (Å²) in [4.78, 5) is 16.2. The number of hydrogen-bond donors (Lipinski definition) is 1. The Morgan fingerprint density at radius 2 is 2.21 bits per heavy atom. The summed E-state index contributed by atoms with van der Waals surface area (Å²) in [5.74, 6) is 1.01. The first-order valence-electron chi connectivity index (χ1n) is 7.22. The van der Waals surface area contributed by atoms with Crippen LogP contribution in [0.1, 0.15) is 43.2 Å². The standard InChI is InChI=1S/C15H22N2OS/c1-9(2)13(16)15(18)17-7-5-12-11(6-8-19-12)14(17)10-3-4-10/h6,8-10,13-14H,3-5,7,16H2,1-2H3/t13-,14?/m0/s1. The van der Waals surface area contributed by atoms with Gasteiger partial charge < -0.3 is 10.6 Å². The topological polar surface area (TPSA) is 46.3 Å². The van der Waals surface area contributed by atoms with E-state index < -0.39 is 0 Å².